The average Bonchev–Trinajstić information content (AvgIpc) is 2.97. The first kappa shape index (κ1) is 12.4. The number of benzene rings is 1. The monoisotopic (exact) mass is 272 g/mol. The molecule has 0 bridgehead atoms. The van der Waals surface area contributed by atoms with Crippen LogP contribution in [0.5, 0.6) is 0 Å². The van der Waals surface area contributed by atoms with E-state index in [0.717, 1.165) is 23.4 Å². The summed E-state index contributed by atoms with van der Waals surface area (Å²) in [6.45, 7) is 1.26. The molecule has 1 atom stereocenters. The third-order valence-corrected chi connectivity index (χ3v) is 5.15. The Balaban J connectivity index is 1.58. The summed E-state index contributed by atoms with van der Waals surface area (Å²) >= 11 is 0. The third kappa shape index (κ3) is 2.05. The highest BCUT2D eigenvalue weighted by Gasteiger charge is 2.33. The number of nitrogens with zero attached hydrogens (tertiary/aromatic N) is 1. The van der Waals surface area contributed by atoms with Crippen LogP contribution in [0.25, 0.3) is 10.9 Å². The Morgan fingerprint density at radius 2 is 2.10 bits per heavy atom. The SMILES string of the molecule is Fc1ccc2[nH]cc(C[C@H]3CCCN3C3CCC3)c2c1. The van der Waals surface area contributed by atoms with Crippen molar-refractivity contribution in [3.63, 3.8) is 0 Å². The molecule has 0 unspecified atom stereocenters. The number of likely N-dealkylation sites (tertiary alicyclic amines) is 1. The number of aromatic nitrogens is 1. The van der Waals surface area contributed by atoms with Gasteiger partial charge in [0.15, 0.2) is 0 Å². The average molecular weight is 272 g/mol. The lowest BCUT2D eigenvalue weighted by atomic mass is 9.90. The Morgan fingerprint density at radius 1 is 1.20 bits per heavy atom. The Hall–Kier alpha value is -1.35. The van der Waals surface area contributed by atoms with Crippen molar-refractivity contribution in [1.82, 2.24) is 9.88 Å². The lowest BCUT2D eigenvalue weighted by Crippen LogP contribution is -2.43. The highest BCUT2D eigenvalue weighted by atomic mass is 19.1. The van der Waals surface area contributed by atoms with Crippen molar-refractivity contribution in [2.45, 2.75) is 50.6 Å². The van der Waals surface area contributed by atoms with Crippen LogP contribution in [-0.4, -0.2) is 28.5 Å². The van der Waals surface area contributed by atoms with Gasteiger partial charge in [0.05, 0.1) is 0 Å². The van der Waals surface area contributed by atoms with E-state index < -0.39 is 0 Å². The first-order valence-corrected chi connectivity index (χ1v) is 7.82. The number of halogens is 1. The molecule has 2 fully saturated rings. The van der Waals surface area contributed by atoms with E-state index >= 15 is 0 Å². The van der Waals surface area contributed by atoms with E-state index in [1.165, 1.54) is 50.3 Å². The molecule has 1 N–H and O–H groups in total. The van der Waals surface area contributed by atoms with Gasteiger partial charge in [0.2, 0.25) is 0 Å². The van der Waals surface area contributed by atoms with E-state index in [1.807, 2.05) is 6.07 Å². The second kappa shape index (κ2) is 4.88. The lowest BCUT2D eigenvalue weighted by molar-refractivity contribution is 0.114. The van der Waals surface area contributed by atoms with Crippen molar-refractivity contribution >= 4 is 10.9 Å². The minimum atomic E-state index is -0.138. The van der Waals surface area contributed by atoms with E-state index in [2.05, 4.69) is 16.1 Å². The second-order valence-electron chi connectivity index (χ2n) is 6.33. The van der Waals surface area contributed by atoms with Gasteiger partial charge < -0.3 is 4.98 Å². The Labute approximate surface area is 119 Å². The molecule has 0 radical (unpaired) electrons. The minimum absolute atomic E-state index is 0.138. The first-order valence-electron chi connectivity index (χ1n) is 7.82. The summed E-state index contributed by atoms with van der Waals surface area (Å²) in [5.41, 5.74) is 2.32. The van der Waals surface area contributed by atoms with Gasteiger partial charge in [-0.25, -0.2) is 4.39 Å². The fraction of sp³-hybridized carbons (Fsp3) is 0.529. The van der Waals surface area contributed by atoms with E-state index in [1.54, 1.807) is 6.07 Å². The Kier molecular flexibility index (Phi) is 3.03. The van der Waals surface area contributed by atoms with Crippen LogP contribution < -0.4 is 0 Å². The van der Waals surface area contributed by atoms with Crippen LogP contribution in [0.2, 0.25) is 0 Å². The van der Waals surface area contributed by atoms with Gasteiger partial charge >= 0.3 is 0 Å². The van der Waals surface area contributed by atoms with Crippen molar-refractivity contribution in [2.24, 2.45) is 0 Å². The van der Waals surface area contributed by atoms with Gasteiger partial charge in [-0.1, -0.05) is 6.42 Å². The van der Waals surface area contributed by atoms with Gasteiger partial charge in [-0.2, -0.15) is 0 Å². The third-order valence-electron chi connectivity index (χ3n) is 5.15. The van der Waals surface area contributed by atoms with Crippen molar-refractivity contribution in [3.8, 4) is 0 Å². The number of hydrogen-bond donors (Lipinski definition) is 1. The minimum Gasteiger partial charge on any atom is -0.361 e. The number of fused-ring (bicyclic) bond motifs is 1. The lowest BCUT2D eigenvalue weighted by Gasteiger charge is -2.38. The quantitative estimate of drug-likeness (QED) is 0.898. The molecule has 0 amide bonds. The molecule has 106 valence electrons. The van der Waals surface area contributed by atoms with E-state index in [4.69, 9.17) is 0 Å². The van der Waals surface area contributed by atoms with Crippen LogP contribution in [-0.2, 0) is 6.42 Å². The van der Waals surface area contributed by atoms with E-state index in [9.17, 15) is 4.39 Å². The molecule has 4 rings (SSSR count). The molecule has 0 spiro atoms. The van der Waals surface area contributed by atoms with E-state index in [0.29, 0.717) is 6.04 Å². The Bertz CT molecular complexity index is 614. The highest BCUT2D eigenvalue weighted by Crippen LogP contribution is 2.33. The number of hydrogen-bond acceptors (Lipinski definition) is 1. The molecule has 1 aromatic carbocycles. The molecule has 2 nitrogen and oxygen atoms in total. The van der Waals surface area contributed by atoms with Crippen molar-refractivity contribution in [2.75, 3.05) is 6.54 Å². The van der Waals surface area contributed by atoms with Gasteiger partial charge in [0.1, 0.15) is 5.82 Å². The summed E-state index contributed by atoms with van der Waals surface area (Å²) in [4.78, 5) is 5.99. The summed E-state index contributed by atoms with van der Waals surface area (Å²) in [5.74, 6) is -0.138. The standard InChI is InChI=1S/C17H21FN2/c18-13-6-7-17-16(10-13)12(11-19-17)9-15-5-2-8-20(15)14-3-1-4-14/h6-7,10-11,14-15,19H,1-5,8-9H2/t15-/m1/s1. The smallest absolute Gasteiger partial charge is 0.123 e. The first-order chi connectivity index (χ1) is 9.81. The molecule has 1 saturated carbocycles. The van der Waals surface area contributed by atoms with Crippen LogP contribution in [0.3, 0.4) is 0 Å². The van der Waals surface area contributed by atoms with Crippen molar-refractivity contribution in [3.05, 3.63) is 35.8 Å². The number of H-pyrrole nitrogens is 1. The van der Waals surface area contributed by atoms with Crippen LogP contribution in [0.15, 0.2) is 24.4 Å². The zero-order valence-electron chi connectivity index (χ0n) is 11.7. The molecule has 2 heterocycles. The summed E-state index contributed by atoms with van der Waals surface area (Å²) in [7, 11) is 0. The van der Waals surface area contributed by atoms with Gasteiger partial charge in [-0.15, -0.1) is 0 Å². The maximum absolute atomic E-state index is 13.5. The number of aromatic amines is 1. The molecule has 3 heteroatoms. The molecule has 1 aliphatic heterocycles. The molecule has 1 saturated heterocycles. The molecule has 2 aliphatic rings. The van der Waals surface area contributed by atoms with Gasteiger partial charge in [-0.3, -0.25) is 4.90 Å². The molecule has 20 heavy (non-hydrogen) atoms. The normalized spacial score (nSPS) is 24.4. The summed E-state index contributed by atoms with van der Waals surface area (Å²) in [5, 5.41) is 1.06. The predicted molar refractivity (Wildman–Crippen MR) is 79.3 cm³/mol. The molecular formula is C17H21FN2. The van der Waals surface area contributed by atoms with Gasteiger partial charge in [-0.05, 0) is 62.4 Å². The van der Waals surface area contributed by atoms with Crippen LogP contribution in [0.1, 0.15) is 37.7 Å². The summed E-state index contributed by atoms with van der Waals surface area (Å²) < 4.78 is 13.5. The molecule has 1 aliphatic carbocycles. The zero-order valence-corrected chi connectivity index (χ0v) is 11.7. The van der Waals surface area contributed by atoms with Crippen LogP contribution in [0.4, 0.5) is 4.39 Å². The summed E-state index contributed by atoms with van der Waals surface area (Å²) in [6, 6.07) is 6.52. The van der Waals surface area contributed by atoms with E-state index in [-0.39, 0.29) is 5.82 Å². The predicted octanol–water partition coefficient (Wildman–Crippen LogP) is 3.87. The molecule has 1 aromatic heterocycles. The molecular weight excluding hydrogens is 251 g/mol. The maximum Gasteiger partial charge on any atom is 0.123 e. The summed E-state index contributed by atoms with van der Waals surface area (Å²) in [6.07, 6.45) is 9.88. The fourth-order valence-electron chi connectivity index (χ4n) is 3.85. The van der Waals surface area contributed by atoms with Crippen molar-refractivity contribution in [1.29, 1.82) is 0 Å². The van der Waals surface area contributed by atoms with Gasteiger partial charge in [0.25, 0.3) is 0 Å². The molecule has 2 aromatic rings. The van der Waals surface area contributed by atoms with Crippen LogP contribution >= 0.6 is 0 Å². The topological polar surface area (TPSA) is 19.0 Å². The zero-order chi connectivity index (χ0) is 13.5. The number of nitrogens with one attached hydrogen (secondary N) is 1. The maximum atomic E-state index is 13.5. The van der Waals surface area contributed by atoms with Crippen molar-refractivity contribution < 1.29 is 4.39 Å². The fourth-order valence-corrected chi connectivity index (χ4v) is 3.85. The largest absolute Gasteiger partial charge is 0.361 e. The van der Waals surface area contributed by atoms with Gasteiger partial charge in [0, 0.05) is 29.2 Å². The Morgan fingerprint density at radius 3 is 2.90 bits per heavy atom. The van der Waals surface area contributed by atoms with Crippen LogP contribution in [0, 0.1) is 5.82 Å². The highest BCUT2D eigenvalue weighted by molar-refractivity contribution is 5.83. The number of rotatable bonds is 3. The second-order valence-corrected chi connectivity index (χ2v) is 6.33.